The molecule has 2 heteroatoms. The van der Waals surface area contributed by atoms with E-state index in [1.165, 1.54) is 37.7 Å². The minimum absolute atomic E-state index is 0.539. The maximum atomic E-state index is 3.70. The van der Waals surface area contributed by atoms with Gasteiger partial charge in [0.1, 0.15) is 0 Å². The van der Waals surface area contributed by atoms with Crippen LogP contribution in [0.15, 0.2) is 30.3 Å². The Kier molecular flexibility index (Phi) is 3.67. The zero-order chi connectivity index (χ0) is 12.4. The van der Waals surface area contributed by atoms with E-state index in [1.807, 2.05) is 0 Å². The molecule has 2 aliphatic carbocycles. The molecular formula is C16H24N2. The fourth-order valence-electron chi connectivity index (χ4n) is 2.79. The van der Waals surface area contributed by atoms with Gasteiger partial charge in [0.15, 0.2) is 0 Å². The van der Waals surface area contributed by atoms with Crippen molar-refractivity contribution in [2.24, 2.45) is 0 Å². The van der Waals surface area contributed by atoms with Crippen LogP contribution in [0.3, 0.4) is 0 Å². The zero-order valence-corrected chi connectivity index (χ0v) is 11.3. The number of hydrogen-bond donors (Lipinski definition) is 1. The van der Waals surface area contributed by atoms with E-state index in [2.05, 4.69) is 47.6 Å². The summed E-state index contributed by atoms with van der Waals surface area (Å²) in [5, 5.41) is 3.70. The van der Waals surface area contributed by atoms with Gasteiger partial charge >= 0.3 is 0 Å². The summed E-state index contributed by atoms with van der Waals surface area (Å²) < 4.78 is 0. The lowest BCUT2D eigenvalue weighted by Gasteiger charge is -2.40. The number of likely N-dealkylation sites (N-methyl/N-ethyl adjacent to an activating group) is 1. The van der Waals surface area contributed by atoms with E-state index in [1.54, 1.807) is 0 Å². The van der Waals surface area contributed by atoms with Crippen molar-refractivity contribution in [2.45, 2.75) is 50.2 Å². The molecule has 1 atom stereocenters. The van der Waals surface area contributed by atoms with Gasteiger partial charge in [-0.05, 0) is 38.3 Å². The highest BCUT2D eigenvalue weighted by Gasteiger charge is 2.30. The Morgan fingerprint density at radius 3 is 2.44 bits per heavy atom. The largest absolute Gasteiger partial charge is 0.312 e. The summed E-state index contributed by atoms with van der Waals surface area (Å²) in [5.41, 5.74) is 1.46. The number of benzene rings is 1. The number of rotatable bonds is 6. The molecule has 1 aromatic carbocycles. The summed E-state index contributed by atoms with van der Waals surface area (Å²) in [5.74, 6) is 0. The summed E-state index contributed by atoms with van der Waals surface area (Å²) >= 11 is 0. The molecule has 1 unspecified atom stereocenters. The van der Waals surface area contributed by atoms with Crippen LogP contribution in [0.1, 0.15) is 43.7 Å². The smallest absolute Gasteiger partial charge is 0.0472 e. The highest BCUT2D eigenvalue weighted by atomic mass is 15.2. The average molecular weight is 244 g/mol. The molecule has 2 nitrogen and oxygen atoms in total. The Morgan fingerprint density at radius 1 is 1.17 bits per heavy atom. The fraction of sp³-hybridized carbons (Fsp3) is 0.625. The van der Waals surface area contributed by atoms with Crippen LogP contribution >= 0.6 is 0 Å². The number of nitrogens with one attached hydrogen (secondary N) is 1. The molecule has 3 rings (SSSR count). The first-order valence-corrected chi connectivity index (χ1v) is 7.35. The van der Waals surface area contributed by atoms with Gasteiger partial charge < -0.3 is 5.32 Å². The van der Waals surface area contributed by atoms with E-state index in [0.29, 0.717) is 6.04 Å². The molecular weight excluding hydrogens is 220 g/mol. The third-order valence-corrected chi connectivity index (χ3v) is 4.50. The molecule has 0 bridgehead atoms. The molecule has 0 radical (unpaired) electrons. The number of nitrogens with zero attached hydrogens (tertiary/aromatic N) is 1. The predicted molar refractivity (Wildman–Crippen MR) is 75.6 cm³/mol. The third kappa shape index (κ3) is 2.76. The van der Waals surface area contributed by atoms with E-state index in [-0.39, 0.29) is 0 Å². The first-order valence-electron chi connectivity index (χ1n) is 7.35. The summed E-state index contributed by atoms with van der Waals surface area (Å²) in [6.45, 7) is 1.10. The SMILES string of the molecule is CN(C1CCC1)C(CNC1CC1)c1ccccc1. The topological polar surface area (TPSA) is 15.3 Å². The lowest BCUT2D eigenvalue weighted by Crippen LogP contribution is -2.43. The lowest BCUT2D eigenvalue weighted by atomic mass is 9.89. The van der Waals surface area contributed by atoms with Gasteiger partial charge in [0, 0.05) is 24.7 Å². The Balaban J connectivity index is 1.69. The van der Waals surface area contributed by atoms with Crippen LogP contribution in [0.5, 0.6) is 0 Å². The molecule has 18 heavy (non-hydrogen) atoms. The minimum Gasteiger partial charge on any atom is -0.312 e. The van der Waals surface area contributed by atoms with Crippen LogP contribution in [0.4, 0.5) is 0 Å². The van der Waals surface area contributed by atoms with Crippen molar-refractivity contribution < 1.29 is 0 Å². The molecule has 0 spiro atoms. The lowest BCUT2D eigenvalue weighted by molar-refractivity contribution is 0.108. The van der Waals surface area contributed by atoms with E-state index < -0.39 is 0 Å². The van der Waals surface area contributed by atoms with Crippen LogP contribution in [0.2, 0.25) is 0 Å². The standard InChI is InChI=1S/C16H24N2/c1-18(15-8-5-9-15)16(12-17-14-10-11-14)13-6-3-2-4-7-13/h2-4,6-7,14-17H,5,8-12H2,1H3. The van der Waals surface area contributed by atoms with E-state index >= 15 is 0 Å². The molecule has 2 aliphatic rings. The summed E-state index contributed by atoms with van der Waals surface area (Å²) in [7, 11) is 2.30. The van der Waals surface area contributed by atoms with Crippen molar-refractivity contribution in [2.75, 3.05) is 13.6 Å². The quantitative estimate of drug-likeness (QED) is 0.827. The van der Waals surface area contributed by atoms with Gasteiger partial charge in [0.2, 0.25) is 0 Å². The minimum atomic E-state index is 0.539. The van der Waals surface area contributed by atoms with Crippen molar-refractivity contribution in [3.63, 3.8) is 0 Å². The second-order valence-corrected chi connectivity index (χ2v) is 5.86. The van der Waals surface area contributed by atoms with Gasteiger partial charge in [-0.25, -0.2) is 0 Å². The molecule has 0 saturated heterocycles. The van der Waals surface area contributed by atoms with Crippen LogP contribution < -0.4 is 5.32 Å². The van der Waals surface area contributed by atoms with Gasteiger partial charge in [0.05, 0.1) is 0 Å². The average Bonchev–Trinajstić information content (AvgIpc) is 3.12. The van der Waals surface area contributed by atoms with Crippen molar-refractivity contribution in [1.82, 2.24) is 10.2 Å². The van der Waals surface area contributed by atoms with Gasteiger partial charge in [-0.2, -0.15) is 0 Å². The van der Waals surface area contributed by atoms with Crippen LogP contribution in [-0.2, 0) is 0 Å². The monoisotopic (exact) mass is 244 g/mol. The first-order chi connectivity index (χ1) is 8.84. The van der Waals surface area contributed by atoms with Gasteiger partial charge in [0.25, 0.3) is 0 Å². The van der Waals surface area contributed by atoms with Crippen LogP contribution in [0.25, 0.3) is 0 Å². The molecule has 2 saturated carbocycles. The molecule has 1 aromatic rings. The van der Waals surface area contributed by atoms with Gasteiger partial charge in [-0.15, -0.1) is 0 Å². The van der Waals surface area contributed by atoms with Gasteiger partial charge in [-0.1, -0.05) is 36.8 Å². The van der Waals surface area contributed by atoms with Crippen molar-refractivity contribution in [3.8, 4) is 0 Å². The van der Waals surface area contributed by atoms with E-state index in [9.17, 15) is 0 Å². The Hall–Kier alpha value is -0.860. The van der Waals surface area contributed by atoms with Crippen LogP contribution in [0, 0.1) is 0 Å². The highest BCUT2D eigenvalue weighted by molar-refractivity contribution is 5.20. The summed E-state index contributed by atoms with van der Waals surface area (Å²) in [4.78, 5) is 2.59. The third-order valence-electron chi connectivity index (χ3n) is 4.50. The molecule has 0 amide bonds. The second kappa shape index (κ2) is 5.41. The van der Waals surface area contributed by atoms with Crippen molar-refractivity contribution in [1.29, 1.82) is 0 Å². The Labute approximate surface area is 110 Å². The molecule has 98 valence electrons. The molecule has 2 fully saturated rings. The molecule has 0 aromatic heterocycles. The zero-order valence-electron chi connectivity index (χ0n) is 11.3. The first kappa shape index (κ1) is 12.2. The highest BCUT2D eigenvalue weighted by Crippen LogP contribution is 2.31. The van der Waals surface area contributed by atoms with Crippen molar-refractivity contribution in [3.05, 3.63) is 35.9 Å². The normalized spacial score (nSPS) is 21.9. The molecule has 1 N–H and O–H groups in total. The van der Waals surface area contributed by atoms with Gasteiger partial charge in [-0.3, -0.25) is 4.90 Å². The Morgan fingerprint density at radius 2 is 1.89 bits per heavy atom. The van der Waals surface area contributed by atoms with Crippen molar-refractivity contribution >= 4 is 0 Å². The second-order valence-electron chi connectivity index (χ2n) is 5.86. The predicted octanol–water partition coefficient (Wildman–Crippen LogP) is 2.96. The summed E-state index contributed by atoms with van der Waals surface area (Å²) in [6, 6.07) is 13.1. The van der Waals surface area contributed by atoms with Crippen LogP contribution in [-0.4, -0.2) is 30.6 Å². The molecule has 0 aliphatic heterocycles. The van der Waals surface area contributed by atoms with E-state index in [4.69, 9.17) is 0 Å². The fourth-order valence-corrected chi connectivity index (χ4v) is 2.79. The Bertz CT molecular complexity index is 368. The molecule has 0 heterocycles. The maximum Gasteiger partial charge on any atom is 0.0472 e. The maximum absolute atomic E-state index is 3.70. The van der Waals surface area contributed by atoms with E-state index in [0.717, 1.165) is 18.6 Å². The number of hydrogen-bond acceptors (Lipinski definition) is 2. The summed E-state index contributed by atoms with van der Waals surface area (Å²) in [6.07, 6.45) is 6.91.